The molecule has 2 nitrogen and oxygen atoms in total. The molecular formula is C9H15FN2. The van der Waals surface area contributed by atoms with E-state index in [0.717, 1.165) is 31.5 Å². The maximum Gasteiger partial charge on any atom is 0.164 e. The van der Waals surface area contributed by atoms with Crippen LogP contribution in [0.25, 0.3) is 0 Å². The van der Waals surface area contributed by atoms with Crippen molar-refractivity contribution in [2.75, 3.05) is 0 Å². The quantitative estimate of drug-likeness (QED) is 0.678. The molecule has 12 heavy (non-hydrogen) atoms. The molecule has 0 radical (unpaired) electrons. The predicted octanol–water partition coefficient (Wildman–Crippen LogP) is 2.38. The van der Waals surface area contributed by atoms with Crippen LogP contribution in [-0.4, -0.2) is 9.78 Å². The van der Waals surface area contributed by atoms with E-state index in [1.807, 2.05) is 6.92 Å². The van der Waals surface area contributed by atoms with Crippen LogP contribution in [0.1, 0.15) is 32.4 Å². The summed E-state index contributed by atoms with van der Waals surface area (Å²) in [6.45, 7) is 4.90. The summed E-state index contributed by atoms with van der Waals surface area (Å²) in [6.07, 6.45) is 4.20. The van der Waals surface area contributed by atoms with E-state index in [0.29, 0.717) is 0 Å². The van der Waals surface area contributed by atoms with Gasteiger partial charge in [0.15, 0.2) is 5.82 Å². The minimum atomic E-state index is -0.173. The highest BCUT2D eigenvalue weighted by Crippen LogP contribution is 2.07. The lowest BCUT2D eigenvalue weighted by Crippen LogP contribution is -2.04. The molecule has 0 unspecified atom stereocenters. The Hall–Kier alpha value is -0.860. The molecule has 1 heterocycles. The van der Waals surface area contributed by atoms with Gasteiger partial charge < -0.3 is 0 Å². The van der Waals surface area contributed by atoms with Crippen LogP contribution in [0, 0.1) is 5.82 Å². The fourth-order valence-electron chi connectivity index (χ4n) is 1.24. The molecule has 1 rings (SSSR count). The van der Waals surface area contributed by atoms with Gasteiger partial charge in [-0.2, -0.15) is 5.10 Å². The van der Waals surface area contributed by atoms with Gasteiger partial charge in [-0.1, -0.05) is 20.3 Å². The molecule has 0 aromatic carbocycles. The van der Waals surface area contributed by atoms with Crippen LogP contribution < -0.4 is 0 Å². The number of unbranched alkanes of at least 4 members (excludes halogenated alkanes) is 1. The lowest BCUT2D eigenvalue weighted by Gasteiger charge is -2.03. The monoisotopic (exact) mass is 170 g/mol. The van der Waals surface area contributed by atoms with Gasteiger partial charge in [0, 0.05) is 6.54 Å². The molecule has 0 saturated heterocycles. The van der Waals surface area contributed by atoms with Crippen molar-refractivity contribution in [1.82, 2.24) is 9.78 Å². The van der Waals surface area contributed by atoms with Crippen molar-refractivity contribution >= 4 is 0 Å². The molecule has 0 amide bonds. The van der Waals surface area contributed by atoms with Gasteiger partial charge in [0.05, 0.1) is 11.9 Å². The first-order valence-corrected chi connectivity index (χ1v) is 4.49. The first kappa shape index (κ1) is 9.23. The summed E-state index contributed by atoms with van der Waals surface area (Å²) < 4.78 is 14.7. The van der Waals surface area contributed by atoms with Gasteiger partial charge in [0.25, 0.3) is 0 Å². The number of hydrogen-bond acceptors (Lipinski definition) is 1. The SMILES string of the molecule is CCCCn1ncc(F)c1CC. The van der Waals surface area contributed by atoms with Crippen molar-refractivity contribution in [2.45, 2.75) is 39.7 Å². The van der Waals surface area contributed by atoms with Crippen molar-refractivity contribution in [3.05, 3.63) is 17.7 Å². The maximum absolute atomic E-state index is 13.0. The standard InChI is InChI=1S/C9H15FN2/c1-3-5-6-12-9(4-2)8(10)7-11-12/h7H,3-6H2,1-2H3. The van der Waals surface area contributed by atoms with Gasteiger partial charge >= 0.3 is 0 Å². The lowest BCUT2D eigenvalue weighted by molar-refractivity contribution is 0.535. The average Bonchev–Trinajstić information content (AvgIpc) is 2.43. The molecule has 3 heteroatoms. The van der Waals surface area contributed by atoms with Crippen LogP contribution in [0.4, 0.5) is 4.39 Å². The van der Waals surface area contributed by atoms with Crippen molar-refractivity contribution in [3.8, 4) is 0 Å². The summed E-state index contributed by atoms with van der Waals surface area (Å²) in [6, 6.07) is 0. The van der Waals surface area contributed by atoms with Gasteiger partial charge in [0.1, 0.15) is 0 Å². The van der Waals surface area contributed by atoms with Gasteiger partial charge in [-0.15, -0.1) is 0 Å². The molecule has 0 bridgehead atoms. The molecule has 0 aliphatic heterocycles. The number of nitrogens with zero attached hydrogens (tertiary/aromatic N) is 2. The number of hydrogen-bond donors (Lipinski definition) is 0. The van der Waals surface area contributed by atoms with E-state index in [9.17, 15) is 4.39 Å². The number of aromatic nitrogens is 2. The molecule has 1 aromatic heterocycles. The van der Waals surface area contributed by atoms with E-state index in [2.05, 4.69) is 12.0 Å². The highest BCUT2D eigenvalue weighted by molar-refractivity contribution is 5.03. The molecule has 0 fully saturated rings. The highest BCUT2D eigenvalue weighted by atomic mass is 19.1. The fourth-order valence-corrected chi connectivity index (χ4v) is 1.24. The Morgan fingerprint density at radius 2 is 2.25 bits per heavy atom. The Bertz CT molecular complexity index is 243. The summed E-state index contributed by atoms with van der Waals surface area (Å²) in [4.78, 5) is 0. The third kappa shape index (κ3) is 1.84. The second-order valence-electron chi connectivity index (χ2n) is 2.87. The fraction of sp³-hybridized carbons (Fsp3) is 0.667. The summed E-state index contributed by atoms with van der Waals surface area (Å²) in [5.41, 5.74) is 0.725. The molecule has 68 valence electrons. The summed E-state index contributed by atoms with van der Waals surface area (Å²) >= 11 is 0. The van der Waals surface area contributed by atoms with Crippen LogP contribution >= 0.6 is 0 Å². The van der Waals surface area contributed by atoms with Crippen molar-refractivity contribution in [3.63, 3.8) is 0 Å². The van der Waals surface area contributed by atoms with Gasteiger partial charge in [-0.05, 0) is 12.8 Å². The Morgan fingerprint density at radius 3 is 2.83 bits per heavy atom. The minimum absolute atomic E-state index is 0.173. The second kappa shape index (κ2) is 4.24. The van der Waals surface area contributed by atoms with E-state index >= 15 is 0 Å². The van der Waals surface area contributed by atoms with Gasteiger partial charge in [-0.25, -0.2) is 4.39 Å². The van der Waals surface area contributed by atoms with E-state index < -0.39 is 0 Å². The lowest BCUT2D eigenvalue weighted by atomic mass is 10.3. The molecule has 0 spiro atoms. The highest BCUT2D eigenvalue weighted by Gasteiger charge is 2.06. The maximum atomic E-state index is 13.0. The predicted molar refractivity (Wildman–Crippen MR) is 46.5 cm³/mol. The zero-order valence-corrected chi connectivity index (χ0v) is 7.68. The van der Waals surface area contributed by atoms with E-state index in [-0.39, 0.29) is 5.82 Å². The van der Waals surface area contributed by atoms with Crippen LogP contribution in [0.2, 0.25) is 0 Å². The normalized spacial score (nSPS) is 10.6. The van der Waals surface area contributed by atoms with E-state index in [4.69, 9.17) is 0 Å². The topological polar surface area (TPSA) is 17.8 Å². The second-order valence-corrected chi connectivity index (χ2v) is 2.87. The van der Waals surface area contributed by atoms with Gasteiger partial charge in [-0.3, -0.25) is 4.68 Å². The summed E-state index contributed by atoms with van der Waals surface area (Å²) in [5, 5.41) is 3.97. The van der Waals surface area contributed by atoms with Crippen LogP contribution in [0.15, 0.2) is 6.20 Å². The van der Waals surface area contributed by atoms with Crippen molar-refractivity contribution in [2.24, 2.45) is 0 Å². The van der Waals surface area contributed by atoms with Crippen LogP contribution in [-0.2, 0) is 13.0 Å². The smallest absolute Gasteiger partial charge is 0.164 e. The molecule has 0 saturated carbocycles. The number of halogens is 1. The molecule has 0 aliphatic carbocycles. The minimum Gasteiger partial charge on any atom is -0.267 e. The third-order valence-electron chi connectivity index (χ3n) is 1.96. The Morgan fingerprint density at radius 1 is 1.50 bits per heavy atom. The van der Waals surface area contributed by atoms with Crippen LogP contribution in [0.5, 0.6) is 0 Å². The first-order valence-electron chi connectivity index (χ1n) is 4.49. The largest absolute Gasteiger partial charge is 0.267 e. The Labute approximate surface area is 72.4 Å². The average molecular weight is 170 g/mol. The first-order chi connectivity index (χ1) is 5.79. The van der Waals surface area contributed by atoms with Crippen molar-refractivity contribution in [1.29, 1.82) is 0 Å². The molecule has 0 atom stereocenters. The number of aryl methyl sites for hydroxylation is 1. The van der Waals surface area contributed by atoms with Crippen LogP contribution in [0.3, 0.4) is 0 Å². The van der Waals surface area contributed by atoms with Crippen molar-refractivity contribution < 1.29 is 4.39 Å². The van der Waals surface area contributed by atoms with Gasteiger partial charge in [0.2, 0.25) is 0 Å². The zero-order valence-electron chi connectivity index (χ0n) is 7.68. The van der Waals surface area contributed by atoms with E-state index in [1.54, 1.807) is 4.68 Å². The Kier molecular flexibility index (Phi) is 3.26. The molecular weight excluding hydrogens is 155 g/mol. The Balaban J connectivity index is 2.70. The van der Waals surface area contributed by atoms with E-state index in [1.165, 1.54) is 6.20 Å². The molecule has 0 aliphatic rings. The summed E-state index contributed by atoms with van der Waals surface area (Å²) in [7, 11) is 0. The molecule has 1 aromatic rings. The number of rotatable bonds is 4. The third-order valence-corrected chi connectivity index (χ3v) is 1.96. The zero-order chi connectivity index (χ0) is 8.97. The summed E-state index contributed by atoms with van der Waals surface area (Å²) in [5.74, 6) is -0.173. The molecule has 0 N–H and O–H groups in total.